The van der Waals surface area contributed by atoms with Gasteiger partial charge in [-0.05, 0) is 38.0 Å². The highest BCUT2D eigenvalue weighted by molar-refractivity contribution is 6.04. The zero-order valence-corrected chi connectivity index (χ0v) is 14.3. The summed E-state index contributed by atoms with van der Waals surface area (Å²) < 4.78 is 10.0. The fourth-order valence-electron chi connectivity index (χ4n) is 1.96. The van der Waals surface area contributed by atoms with E-state index in [4.69, 9.17) is 9.47 Å². The third-order valence-corrected chi connectivity index (χ3v) is 3.56. The average molecular weight is 322 g/mol. The molecule has 23 heavy (non-hydrogen) atoms. The van der Waals surface area contributed by atoms with Gasteiger partial charge in [-0.15, -0.1) is 0 Å². The molecule has 0 heterocycles. The first-order chi connectivity index (χ1) is 10.9. The van der Waals surface area contributed by atoms with Crippen LogP contribution in [0.5, 0.6) is 5.75 Å². The Hall–Kier alpha value is -2.08. The molecule has 0 aliphatic heterocycles. The molecule has 0 aliphatic carbocycles. The molecule has 128 valence electrons. The molecule has 0 radical (unpaired) electrons. The number of hydrogen-bond donors (Lipinski definition) is 2. The second-order valence-electron chi connectivity index (χ2n) is 5.73. The van der Waals surface area contributed by atoms with E-state index in [0.717, 1.165) is 11.3 Å². The number of hydrogen-bond acceptors (Lipinski definition) is 4. The SMILES string of the molecule is COCCNC(=O)C(C)(C)C(=O)NCCc1cccc(OC)c1. The van der Waals surface area contributed by atoms with Crippen LogP contribution in [-0.2, 0) is 20.7 Å². The summed E-state index contributed by atoms with van der Waals surface area (Å²) >= 11 is 0. The molecule has 0 spiro atoms. The van der Waals surface area contributed by atoms with E-state index in [1.54, 1.807) is 28.1 Å². The van der Waals surface area contributed by atoms with Gasteiger partial charge in [-0.3, -0.25) is 9.59 Å². The first-order valence-corrected chi connectivity index (χ1v) is 7.60. The highest BCUT2D eigenvalue weighted by atomic mass is 16.5. The highest BCUT2D eigenvalue weighted by Gasteiger charge is 2.35. The molecule has 0 aromatic heterocycles. The Kier molecular flexibility index (Phi) is 7.54. The molecular weight excluding hydrogens is 296 g/mol. The summed E-state index contributed by atoms with van der Waals surface area (Å²) in [5.74, 6) is 0.176. The van der Waals surface area contributed by atoms with E-state index in [9.17, 15) is 9.59 Å². The molecule has 6 nitrogen and oxygen atoms in total. The van der Waals surface area contributed by atoms with Gasteiger partial charge < -0.3 is 20.1 Å². The lowest BCUT2D eigenvalue weighted by Crippen LogP contribution is -2.48. The zero-order chi connectivity index (χ0) is 17.3. The highest BCUT2D eigenvalue weighted by Crippen LogP contribution is 2.16. The van der Waals surface area contributed by atoms with E-state index in [1.165, 1.54) is 0 Å². The molecule has 0 unspecified atom stereocenters. The molecule has 6 heteroatoms. The fourth-order valence-corrected chi connectivity index (χ4v) is 1.96. The maximum Gasteiger partial charge on any atom is 0.235 e. The summed E-state index contributed by atoms with van der Waals surface area (Å²) in [6.07, 6.45) is 0.671. The summed E-state index contributed by atoms with van der Waals surface area (Å²) in [6, 6.07) is 7.67. The van der Waals surface area contributed by atoms with Crippen LogP contribution < -0.4 is 15.4 Å². The Balaban J connectivity index is 2.46. The largest absolute Gasteiger partial charge is 0.497 e. The molecule has 1 aromatic carbocycles. The molecule has 1 aromatic rings. The second-order valence-corrected chi connectivity index (χ2v) is 5.73. The van der Waals surface area contributed by atoms with Crippen LogP contribution in [0.2, 0.25) is 0 Å². The van der Waals surface area contributed by atoms with Crippen molar-refractivity contribution in [3.8, 4) is 5.75 Å². The van der Waals surface area contributed by atoms with Gasteiger partial charge in [0.25, 0.3) is 0 Å². The minimum absolute atomic E-state index is 0.296. The maximum atomic E-state index is 12.2. The lowest BCUT2D eigenvalue weighted by Gasteiger charge is -2.22. The van der Waals surface area contributed by atoms with Crippen LogP contribution in [0.4, 0.5) is 0 Å². The van der Waals surface area contributed by atoms with Crippen LogP contribution in [0.25, 0.3) is 0 Å². The molecular formula is C17H26N2O4. The third-order valence-electron chi connectivity index (χ3n) is 3.56. The molecule has 0 fully saturated rings. The van der Waals surface area contributed by atoms with Crippen molar-refractivity contribution in [2.45, 2.75) is 20.3 Å². The van der Waals surface area contributed by atoms with Crippen LogP contribution in [0.3, 0.4) is 0 Å². The number of carbonyl (C=O) groups excluding carboxylic acids is 2. The zero-order valence-electron chi connectivity index (χ0n) is 14.3. The lowest BCUT2D eigenvalue weighted by molar-refractivity contribution is -0.141. The van der Waals surface area contributed by atoms with E-state index in [1.807, 2.05) is 24.3 Å². The molecule has 0 aliphatic rings. The van der Waals surface area contributed by atoms with Crippen molar-refractivity contribution in [3.05, 3.63) is 29.8 Å². The van der Waals surface area contributed by atoms with Crippen molar-refractivity contribution >= 4 is 11.8 Å². The molecule has 2 N–H and O–H groups in total. The summed E-state index contributed by atoms with van der Waals surface area (Å²) in [4.78, 5) is 24.3. The standard InChI is InChI=1S/C17H26N2O4/c1-17(2,16(21)19-10-11-22-3)15(20)18-9-8-13-6-5-7-14(12-13)23-4/h5-7,12H,8-11H2,1-4H3,(H,18,20)(H,19,21). The smallest absolute Gasteiger partial charge is 0.235 e. The molecule has 0 saturated heterocycles. The molecule has 2 amide bonds. The van der Waals surface area contributed by atoms with E-state index in [-0.39, 0.29) is 11.8 Å². The fraction of sp³-hybridized carbons (Fsp3) is 0.529. The molecule has 0 atom stereocenters. The van der Waals surface area contributed by atoms with Crippen molar-refractivity contribution in [2.75, 3.05) is 33.9 Å². The molecule has 0 saturated carbocycles. The molecule has 0 bridgehead atoms. The minimum Gasteiger partial charge on any atom is -0.497 e. The van der Waals surface area contributed by atoms with Gasteiger partial charge in [-0.25, -0.2) is 0 Å². The van der Waals surface area contributed by atoms with Gasteiger partial charge in [0.05, 0.1) is 13.7 Å². The number of benzene rings is 1. The summed E-state index contributed by atoms with van der Waals surface area (Å²) in [7, 11) is 3.17. The first kappa shape index (κ1) is 19.0. The number of ether oxygens (including phenoxy) is 2. The van der Waals surface area contributed by atoms with Crippen LogP contribution in [0.1, 0.15) is 19.4 Å². The lowest BCUT2D eigenvalue weighted by atomic mass is 9.91. The summed E-state index contributed by atoms with van der Waals surface area (Å²) in [5, 5.41) is 5.50. The Morgan fingerprint density at radius 2 is 1.74 bits per heavy atom. The molecule has 1 rings (SSSR count). The number of nitrogens with one attached hydrogen (secondary N) is 2. The monoisotopic (exact) mass is 322 g/mol. The van der Waals surface area contributed by atoms with E-state index in [2.05, 4.69) is 10.6 Å². The Bertz CT molecular complexity index is 529. The van der Waals surface area contributed by atoms with Gasteiger partial charge in [0.15, 0.2) is 0 Å². The number of amides is 2. The van der Waals surface area contributed by atoms with E-state index in [0.29, 0.717) is 26.1 Å². The van der Waals surface area contributed by atoms with Crippen molar-refractivity contribution < 1.29 is 19.1 Å². The topological polar surface area (TPSA) is 76.7 Å². The minimum atomic E-state index is -1.12. The Morgan fingerprint density at radius 3 is 2.35 bits per heavy atom. The Morgan fingerprint density at radius 1 is 1.09 bits per heavy atom. The quantitative estimate of drug-likeness (QED) is 0.528. The number of rotatable bonds is 9. The van der Waals surface area contributed by atoms with Crippen molar-refractivity contribution in [3.63, 3.8) is 0 Å². The van der Waals surface area contributed by atoms with E-state index < -0.39 is 5.41 Å². The van der Waals surface area contributed by atoms with Gasteiger partial charge in [0, 0.05) is 20.2 Å². The maximum absolute atomic E-state index is 12.2. The normalized spacial score (nSPS) is 11.0. The van der Waals surface area contributed by atoms with Gasteiger partial charge in [-0.1, -0.05) is 12.1 Å². The van der Waals surface area contributed by atoms with Crippen LogP contribution in [-0.4, -0.2) is 45.7 Å². The average Bonchev–Trinajstić information content (AvgIpc) is 2.55. The summed E-state index contributed by atoms with van der Waals surface area (Å²) in [5.41, 5.74) is -0.0609. The van der Waals surface area contributed by atoms with Crippen LogP contribution >= 0.6 is 0 Å². The van der Waals surface area contributed by atoms with Crippen LogP contribution in [0.15, 0.2) is 24.3 Å². The van der Waals surface area contributed by atoms with Gasteiger partial charge >= 0.3 is 0 Å². The second kappa shape index (κ2) is 9.15. The number of methoxy groups -OCH3 is 2. The van der Waals surface area contributed by atoms with Gasteiger partial charge in [0.1, 0.15) is 11.2 Å². The van der Waals surface area contributed by atoms with Crippen LogP contribution in [0, 0.1) is 5.41 Å². The van der Waals surface area contributed by atoms with E-state index >= 15 is 0 Å². The van der Waals surface area contributed by atoms with Crippen molar-refractivity contribution in [2.24, 2.45) is 5.41 Å². The van der Waals surface area contributed by atoms with Gasteiger partial charge in [-0.2, -0.15) is 0 Å². The predicted octanol–water partition coefficient (Wildman–Crippen LogP) is 1.14. The predicted molar refractivity (Wildman–Crippen MR) is 88.4 cm³/mol. The van der Waals surface area contributed by atoms with Crippen molar-refractivity contribution in [1.82, 2.24) is 10.6 Å². The third kappa shape index (κ3) is 5.90. The first-order valence-electron chi connectivity index (χ1n) is 7.60. The Labute approximate surface area is 137 Å². The van der Waals surface area contributed by atoms with Crippen molar-refractivity contribution in [1.29, 1.82) is 0 Å². The summed E-state index contributed by atoms with van der Waals surface area (Å²) in [6.45, 7) is 4.47. The number of carbonyl (C=O) groups is 2. The van der Waals surface area contributed by atoms with Gasteiger partial charge in [0.2, 0.25) is 11.8 Å².